The topological polar surface area (TPSA) is 25.4 Å². The van der Waals surface area contributed by atoms with E-state index in [-0.39, 0.29) is 5.82 Å². The number of aromatic nitrogens is 1. The van der Waals surface area contributed by atoms with Gasteiger partial charge in [-0.3, -0.25) is 4.98 Å². The van der Waals surface area contributed by atoms with Crippen LogP contribution in [0.25, 0.3) is 0 Å². The molecule has 0 aliphatic carbocycles. The van der Waals surface area contributed by atoms with Crippen LogP contribution in [0, 0.1) is 11.7 Å². The smallest absolute Gasteiger partial charge is 0.126 e. The molecule has 1 fully saturated rings. The standard InChI is InChI=1S/C17H19FN2O/c18-15-4-1-5-17(11-15)21-13-14-3-2-10-20(12-14)16-6-8-19-9-7-16/h1,4-9,11,14H,2-3,10,12-13H2. The van der Waals surface area contributed by atoms with Crippen molar-refractivity contribution in [3.05, 3.63) is 54.6 Å². The number of nitrogens with zero attached hydrogens (tertiary/aromatic N) is 2. The van der Waals surface area contributed by atoms with E-state index in [4.69, 9.17) is 4.74 Å². The van der Waals surface area contributed by atoms with Gasteiger partial charge in [0.2, 0.25) is 0 Å². The lowest BCUT2D eigenvalue weighted by Gasteiger charge is -2.34. The lowest BCUT2D eigenvalue weighted by atomic mass is 9.98. The molecule has 3 nitrogen and oxygen atoms in total. The van der Waals surface area contributed by atoms with Crippen molar-refractivity contribution in [1.82, 2.24) is 4.98 Å². The first-order valence-corrected chi connectivity index (χ1v) is 7.34. The van der Waals surface area contributed by atoms with Crippen LogP contribution in [0.5, 0.6) is 5.75 Å². The van der Waals surface area contributed by atoms with Crippen molar-refractivity contribution in [3.63, 3.8) is 0 Å². The average molecular weight is 286 g/mol. The summed E-state index contributed by atoms with van der Waals surface area (Å²) >= 11 is 0. The van der Waals surface area contributed by atoms with E-state index in [0.29, 0.717) is 18.3 Å². The maximum atomic E-state index is 13.1. The predicted octanol–water partition coefficient (Wildman–Crippen LogP) is 3.52. The Morgan fingerprint density at radius 2 is 2.10 bits per heavy atom. The normalized spacial score (nSPS) is 18.5. The molecule has 1 atom stereocenters. The lowest BCUT2D eigenvalue weighted by Crippen LogP contribution is -2.37. The van der Waals surface area contributed by atoms with Crippen LogP contribution in [0.1, 0.15) is 12.8 Å². The van der Waals surface area contributed by atoms with Gasteiger partial charge in [0, 0.05) is 43.2 Å². The molecule has 3 rings (SSSR count). The van der Waals surface area contributed by atoms with Gasteiger partial charge in [0.1, 0.15) is 11.6 Å². The summed E-state index contributed by atoms with van der Waals surface area (Å²) < 4.78 is 18.9. The molecule has 4 heteroatoms. The highest BCUT2D eigenvalue weighted by atomic mass is 19.1. The summed E-state index contributed by atoms with van der Waals surface area (Å²) in [5.74, 6) is 0.820. The molecule has 0 bridgehead atoms. The predicted molar refractivity (Wildman–Crippen MR) is 81.1 cm³/mol. The number of pyridine rings is 1. The number of halogens is 1. The maximum absolute atomic E-state index is 13.1. The van der Waals surface area contributed by atoms with Crippen molar-refractivity contribution in [1.29, 1.82) is 0 Å². The molecule has 21 heavy (non-hydrogen) atoms. The third-order valence-corrected chi connectivity index (χ3v) is 3.83. The second-order valence-corrected chi connectivity index (χ2v) is 5.43. The third-order valence-electron chi connectivity index (χ3n) is 3.83. The number of hydrogen-bond acceptors (Lipinski definition) is 3. The number of piperidine rings is 1. The molecule has 1 aromatic heterocycles. The van der Waals surface area contributed by atoms with Crippen LogP contribution in [-0.2, 0) is 0 Å². The summed E-state index contributed by atoms with van der Waals surface area (Å²) in [6.45, 7) is 2.67. The van der Waals surface area contributed by atoms with Crippen molar-refractivity contribution in [2.75, 3.05) is 24.6 Å². The molecule has 0 radical (unpaired) electrons. The van der Waals surface area contributed by atoms with Crippen molar-refractivity contribution in [2.45, 2.75) is 12.8 Å². The van der Waals surface area contributed by atoms with Crippen molar-refractivity contribution in [3.8, 4) is 5.75 Å². The fourth-order valence-electron chi connectivity index (χ4n) is 2.76. The SMILES string of the molecule is Fc1cccc(OCC2CCCN(c3ccncc3)C2)c1. The van der Waals surface area contributed by atoms with Crippen LogP contribution >= 0.6 is 0 Å². The first-order chi connectivity index (χ1) is 10.3. The van der Waals surface area contributed by atoms with Gasteiger partial charge in [0.15, 0.2) is 0 Å². The molecular weight excluding hydrogens is 267 g/mol. The number of hydrogen-bond donors (Lipinski definition) is 0. The summed E-state index contributed by atoms with van der Waals surface area (Å²) in [7, 11) is 0. The number of rotatable bonds is 4. The van der Waals surface area contributed by atoms with Gasteiger partial charge < -0.3 is 9.64 Å². The third kappa shape index (κ3) is 3.72. The monoisotopic (exact) mass is 286 g/mol. The highest BCUT2D eigenvalue weighted by Crippen LogP contribution is 2.23. The quantitative estimate of drug-likeness (QED) is 0.860. The first kappa shape index (κ1) is 13.9. The Morgan fingerprint density at radius 1 is 1.24 bits per heavy atom. The van der Waals surface area contributed by atoms with Gasteiger partial charge in [-0.1, -0.05) is 6.07 Å². The van der Waals surface area contributed by atoms with Crippen LogP contribution in [0.15, 0.2) is 48.8 Å². The van der Waals surface area contributed by atoms with Crippen LogP contribution in [0.3, 0.4) is 0 Å². The summed E-state index contributed by atoms with van der Waals surface area (Å²) in [4.78, 5) is 6.42. The molecule has 2 aromatic rings. The molecule has 0 N–H and O–H groups in total. The lowest BCUT2D eigenvalue weighted by molar-refractivity contribution is 0.228. The van der Waals surface area contributed by atoms with E-state index in [2.05, 4.69) is 9.88 Å². The van der Waals surface area contributed by atoms with E-state index < -0.39 is 0 Å². The first-order valence-electron chi connectivity index (χ1n) is 7.34. The van der Waals surface area contributed by atoms with E-state index in [1.54, 1.807) is 12.1 Å². The van der Waals surface area contributed by atoms with E-state index in [0.717, 1.165) is 25.9 Å². The minimum Gasteiger partial charge on any atom is -0.493 e. The van der Waals surface area contributed by atoms with E-state index in [9.17, 15) is 4.39 Å². The van der Waals surface area contributed by atoms with Gasteiger partial charge in [-0.25, -0.2) is 4.39 Å². The van der Waals surface area contributed by atoms with Gasteiger partial charge in [-0.05, 0) is 37.1 Å². The molecule has 2 heterocycles. The average Bonchev–Trinajstić information content (AvgIpc) is 2.54. The van der Waals surface area contributed by atoms with Gasteiger partial charge in [0.25, 0.3) is 0 Å². The molecule has 1 aliphatic rings. The minimum atomic E-state index is -0.255. The van der Waals surface area contributed by atoms with Crippen LogP contribution < -0.4 is 9.64 Å². The fourth-order valence-corrected chi connectivity index (χ4v) is 2.76. The van der Waals surface area contributed by atoms with Crippen molar-refractivity contribution < 1.29 is 9.13 Å². The van der Waals surface area contributed by atoms with Gasteiger partial charge in [0.05, 0.1) is 6.61 Å². The number of benzene rings is 1. The Kier molecular flexibility index (Phi) is 4.34. The Bertz CT molecular complexity index is 576. The van der Waals surface area contributed by atoms with Gasteiger partial charge >= 0.3 is 0 Å². The maximum Gasteiger partial charge on any atom is 0.126 e. The number of ether oxygens (including phenoxy) is 1. The van der Waals surface area contributed by atoms with E-state index >= 15 is 0 Å². The molecule has 1 aromatic carbocycles. The van der Waals surface area contributed by atoms with Crippen LogP contribution in [0.4, 0.5) is 10.1 Å². The highest BCUT2D eigenvalue weighted by Gasteiger charge is 2.20. The van der Waals surface area contributed by atoms with E-state index in [1.165, 1.54) is 17.8 Å². The minimum absolute atomic E-state index is 0.255. The second kappa shape index (κ2) is 6.57. The molecule has 0 amide bonds. The fraction of sp³-hybridized carbons (Fsp3) is 0.353. The summed E-state index contributed by atoms with van der Waals surface area (Å²) in [6, 6.07) is 10.4. The zero-order chi connectivity index (χ0) is 14.5. The Hall–Kier alpha value is -2.10. The van der Waals surface area contributed by atoms with Crippen LogP contribution in [0.2, 0.25) is 0 Å². The number of anilines is 1. The van der Waals surface area contributed by atoms with Crippen molar-refractivity contribution >= 4 is 5.69 Å². The van der Waals surface area contributed by atoms with Gasteiger partial charge in [-0.2, -0.15) is 0 Å². The zero-order valence-electron chi connectivity index (χ0n) is 11.9. The Labute approximate surface area is 124 Å². The molecule has 1 saturated heterocycles. The van der Waals surface area contributed by atoms with E-state index in [1.807, 2.05) is 24.5 Å². The van der Waals surface area contributed by atoms with Crippen LogP contribution in [-0.4, -0.2) is 24.7 Å². The summed E-state index contributed by atoms with van der Waals surface area (Å²) in [5.41, 5.74) is 1.21. The largest absolute Gasteiger partial charge is 0.493 e. The molecule has 0 saturated carbocycles. The van der Waals surface area contributed by atoms with Gasteiger partial charge in [-0.15, -0.1) is 0 Å². The molecule has 0 spiro atoms. The molecule has 1 unspecified atom stereocenters. The second-order valence-electron chi connectivity index (χ2n) is 5.43. The highest BCUT2D eigenvalue weighted by molar-refractivity contribution is 5.44. The Balaban J connectivity index is 1.57. The molecular formula is C17H19FN2O. The molecule has 110 valence electrons. The Morgan fingerprint density at radius 3 is 2.90 bits per heavy atom. The molecule has 1 aliphatic heterocycles. The summed E-state index contributed by atoms with van der Waals surface area (Å²) in [6.07, 6.45) is 5.95. The zero-order valence-corrected chi connectivity index (χ0v) is 11.9. The van der Waals surface area contributed by atoms with Crippen molar-refractivity contribution in [2.24, 2.45) is 5.92 Å². The summed E-state index contributed by atoms with van der Waals surface area (Å²) in [5, 5.41) is 0.